The van der Waals surface area contributed by atoms with Gasteiger partial charge in [-0.1, -0.05) is 11.6 Å². The summed E-state index contributed by atoms with van der Waals surface area (Å²) in [6, 6.07) is 1.45. The highest BCUT2D eigenvalue weighted by molar-refractivity contribution is 6.33. The van der Waals surface area contributed by atoms with Crippen molar-refractivity contribution < 1.29 is 13.2 Å². The Kier molecular flexibility index (Phi) is 4.50. The molecule has 0 spiro atoms. The summed E-state index contributed by atoms with van der Waals surface area (Å²) in [5, 5.41) is 3.64. The number of hydrogen-bond donors (Lipinski definition) is 1. The molecule has 22 heavy (non-hydrogen) atoms. The molecule has 1 aromatic heterocycles. The number of aromatic nitrogens is 1. The zero-order valence-electron chi connectivity index (χ0n) is 12.2. The van der Waals surface area contributed by atoms with Crippen molar-refractivity contribution in [2.45, 2.75) is 37.9 Å². The fourth-order valence-electron chi connectivity index (χ4n) is 2.77. The van der Waals surface area contributed by atoms with Crippen LogP contribution < -0.4 is 10.2 Å². The van der Waals surface area contributed by atoms with Crippen LogP contribution in [0.25, 0.3) is 0 Å². The van der Waals surface area contributed by atoms with Gasteiger partial charge in [0.25, 0.3) is 0 Å². The third-order valence-corrected chi connectivity index (χ3v) is 4.61. The second kappa shape index (κ2) is 6.24. The minimum Gasteiger partial charge on any atom is -0.355 e. The van der Waals surface area contributed by atoms with Gasteiger partial charge in [-0.05, 0) is 44.2 Å². The van der Waals surface area contributed by atoms with Crippen molar-refractivity contribution in [3.63, 3.8) is 0 Å². The Morgan fingerprint density at radius 2 is 1.91 bits per heavy atom. The Hall–Kier alpha value is -1.01. The summed E-state index contributed by atoms with van der Waals surface area (Å²) >= 11 is 6.00. The van der Waals surface area contributed by atoms with E-state index in [1.165, 1.54) is 12.8 Å². The van der Waals surface area contributed by atoms with Crippen molar-refractivity contribution in [3.8, 4) is 0 Å². The molecule has 0 aromatic carbocycles. The molecule has 0 bridgehead atoms. The first-order chi connectivity index (χ1) is 10.4. The lowest BCUT2D eigenvalue weighted by Gasteiger charge is -2.33. The maximum Gasteiger partial charge on any atom is 0.417 e. The molecule has 1 aliphatic heterocycles. The normalized spacial score (nSPS) is 20.5. The van der Waals surface area contributed by atoms with Gasteiger partial charge in [-0.3, -0.25) is 0 Å². The maximum absolute atomic E-state index is 12.6. The molecule has 122 valence electrons. The van der Waals surface area contributed by atoms with E-state index in [9.17, 15) is 13.2 Å². The number of hydrogen-bond acceptors (Lipinski definition) is 3. The first kappa shape index (κ1) is 15.9. The van der Waals surface area contributed by atoms with Crippen LogP contribution in [0.4, 0.5) is 19.0 Å². The number of pyridine rings is 1. The van der Waals surface area contributed by atoms with Crippen LogP contribution in [0.3, 0.4) is 0 Å². The monoisotopic (exact) mass is 333 g/mol. The second-order valence-electron chi connectivity index (χ2n) is 6.14. The van der Waals surface area contributed by atoms with Crippen LogP contribution in [0.1, 0.15) is 31.2 Å². The molecule has 1 aliphatic carbocycles. The minimum atomic E-state index is -4.41. The van der Waals surface area contributed by atoms with Crippen molar-refractivity contribution >= 4 is 17.4 Å². The Labute approximate surface area is 132 Å². The Balaban J connectivity index is 1.58. The van der Waals surface area contributed by atoms with Crippen LogP contribution in [-0.2, 0) is 6.18 Å². The van der Waals surface area contributed by atoms with Gasteiger partial charge < -0.3 is 10.2 Å². The first-order valence-corrected chi connectivity index (χ1v) is 8.02. The average molecular weight is 334 g/mol. The van der Waals surface area contributed by atoms with E-state index in [0.717, 1.165) is 50.7 Å². The summed E-state index contributed by atoms with van der Waals surface area (Å²) < 4.78 is 37.9. The molecule has 7 heteroatoms. The lowest BCUT2D eigenvalue weighted by Crippen LogP contribution is -2.43. The molecular weight excluding hydrogens is 315 g/mol. The number of rotatable bonds is 4. The SMILES string of the molecule is FC(F)(F)c1cnc(N2CCC(NCC3CC3)CC2)c(Cl)c1. The van der Waals surface area contributed by atoms with Crippen molar-refractivity contribution in [2.24, 2.45) is 5.92 Å². The Morgan fingerprint density at radius 1 is 1.23 bits per heavy atom. The molecule has 2 heterocycles. The molecule has 1 saturated heterocycles. The van der Waals surface area contributed by atoms with Crippen molar-refractivity contribution in [1.29, 1.82) is 0 Å². The topological polar surface area (TPSA) is 28.2 Å². The van der Waals surface area contributed by atoms with E-state index in [0.29, 0.717) is 11.9 Å². The summed E-state index contributed by atoms with van der Waals surface area (Å²) in [5.74, 6) is 1.30. The molecule has 3 nitrogen and oxygen atoms in total. The van der Waals surface area contributed by atoms with Crippen LogP contribution in [0, 0.1) is 5.92 Å². The van der Waals surface area contributed by atoms with Gasteiger partial charge in [0.2, 0.25) is 0 Å². The molecule has 1 aromatic rings. The van der Waals surface area contributed by atoms with E-state index in [1.54, 1.807) is 0 Å². The molecule has 0 unspecified atom stereocenters. The Bertz CT molecular complexity index is 523. The van der Waals surface area contributed by atoms with Crippen molar-refractivity contribution in [1.82, 2.24) is 10.3 Å². The first-order valence-electron chi connectivity index (χ1n) is 7.64. The molecule has 2 aliphatic rings. The maximum atomic E-state index is 12.6. The number of halogens is 4. The number of piperidine rings is 1. The van der Waals surface area contributed by atoms with Gasteiger partial charge in [-0.15, -0.1) is 0 Å². The van der Waals surface area contributed by atoms with Gasteiger partial charge in [-0.25, -0.2) is 4.98 Å². The van der Waals surface area contributed by atoms with Gasteiger partial charge in [0.05, 0.1) is 10.6 Å². The summed E-state index contributed by atoms with van der Waals surface area (Å²) in [7, 11) is 0. The van der Waals surface area contributed by atoms with E-state index >= 15 is 0 Å². The van der Waals surface area contributed by atoms with E-state index in [4.69, 9.17) is 11.6 Å². The van der Waals surface area contributed by atoms with Crippen molar-refractivity contribution in [2.75, 3.05) is 24.5 Å². The standard InChI is InChI=1S/C15H19ClF3N3/c16-13-7-11(15(17,18)19)9-21-14(13)22-5-3-12(4-6-22)20-8-10-1-2-10/h7,9-10,12,20H,1-6,8H2. The molecule has 0 radical (unpaired) electrons. The molecule has 3 rings (SSSR count). The highest BCUT2D eigenvalue weighted by Crippen LogP contribution is 2.34. The van der Waals surface area contributed by atoms with Crippen molar-refractivity contribution in [3.05, 3.63) is 22.8 Å². The molecule has 0 amide bonds. The van der Waals surface area contributed by atoms with Gasteiger partial charge in [0.15, 0.2) is 0 Å². The van der Waals surface area contributed by atoms with Gasteiger partial charge in [0.1, 0.15) is 5.82 Å². The van der Waals surface area contributed by atoms with Crippen LogP contribution in [-0.4, -0.2) is 30.7 Å². The third-order valence-electron chi connectivity index (χ3n) is 4.34. The predicted octanol–water partition coefficient (Wildman–Crippen LogP) is 3.72. The zero-order valence-corrected chi connectivity index (χ0v) is 12.9. The van der Waals surface area contributed by atoms with Crippen LogP contribution in [0.2, 0.25) is 5.02 Å². The minimum absolute atomic E-state index is 0.0687. The highest BCUT2D eigenvalue weighted by atomic mass is 35.5. The number of anilines is 1. The lowest BCUT2D eigenvalue weighted by atomic mass is 10.0. The van der Waals surface area contributed by atoms with E-state index in [2.05, 4.69) is 10.3 Å². The van der Waals surface area contributed by atoms with Crippen LogP contribution in [0.15, 0.2) is 12.3 Å². The smallest absolute Gasteiger partial charge is 0.355 e. The quantitative estimate of drug-likeness (QED) is 0.910. The second-order valence-corrected chi connectivity index (χ2v) is 6.55. The van der Waals surface area contributed by atoms with Crippen LogP contribution in [0.5, 0.6) is 0 Å². The molecule has 0 atom stereocenters. The van der Waals surface area contributed by atoms with E-state index in [-0.39, 0.29) is 5.02 Å². The summed E-state index contributed by atoms with van der Waals surface area (Å²) in [5.41, 5.74) is -0.803. The average Bonchev–Trinajstić information content (AvgIpc) is 3.29. The third kappa shape index (κ3) is 3.84. The zero-order chi connectivity index (χ0) is 15.7. The number of nitrogens with one attached hydrogen (secondary N) is 1. The molecule has 2 fully saturated rings. The number of nitrogens with zero attached hydrogens (tertiary/aromatic N) is 2. The lowest BCUT2D eigenvalue weighted by molar-refractivity contribution is -0.137. The van der Waals surface area contributed by atoms with Crippen LogP contribution >= 0.6 is 11.6 Å². The Morgan fingerprint density at radius 3 is 2.45 bits per heavy atom. The molecule has 1 saturated carbocycles. The van der Waals surface area contributed by atoms with E-state index in [1.807, 2.05) is 4.90 Å². The fourth-order valence-corrected chi connectivity index (χ4v) is 3.06. The largest absolute Gasteiger partial charge is 0.417 e. The molecule has 1 N–H and O–H groups in total. The summed E-state index contributed by atoms with van der Waals surface area (Å²) in [4.78, 5) is 5.90. The number of alkyl halides is 3. The predicted molar refractivity (Wildman–Crippen MR) is 80.2 cm³/mol. The van der Waals surface area contributed by atoms with E-state index < -0.39 is 11.7 Å². The fraction of sp³-hybridized carbons (Fsp3) is 0.667. The van der Waals surface area contributed by atoms with Gasteiger partial charge in [0, 0.05) is 25.3 Å². The highest BCUT2D eigenvalue weighted by Gasteiger charge is 2.32. The summed E-state index contributed by atoms with van der Waals surface area (Å²) in [6.07, 6.45) is 1.04. The van der Waals surface area contributed by atoms with Gasteiger partial charge in [-0.2, -0.15) is 13.2 Å². The summed E-state index contributed by atoms with van der Waals surface area (Å²) in [6.45, 7) is 2.62. The van der Waals surface area contributed by atoms with Gasteiger partial charge >= 0.3 is 6.18 Å². The molecular formula is C15H19ClF3N3.